The molecule has 2 aromatic heterocycles. The number of nitrogens with zero attached hydrogens (tertiary/aromatic N) is 6. The number of amides is 2. The Labute approximate surface area is 284 Å². The van der Waals surface area contributed by atoms with E-state index in [1.54, 1.807) is 6.20 Å². The van der Waals surface area contributed by atoms with E-state index in [0.29, 0.717) is 39.3 Å². The number of pyridine rings is 1. The van der Waals surface area contributed by atoms with Gasteiger partial charge in [-0.25, -0.2) is 9.78 Å². The summed E-state index contributed by atoms with van der Waals surface area (Å²) >= 11 is 10.1. The van der Waals surface area contributed by atoms with Crippen molar-refractivity contribution in [1.82, 2.24) is 34.7 Å². The van der Waals surface area contributed by atoms with Crippen LogP contribution in [0.5, 0.6) is 0 Å². The minimum Gasteiger partial charge on any atom is -0.338 e. The summed E-state index contributed by atoms with van der Waals surface area (Å²) in [6, 6.07) is 18.6. The summed E-state index contributed by atoms with van der Waals surface area (Å²) in [5, 5.41) is 5.85. The molecule has 1 aliphatic heterocycles. The second kappa shape index (κ2) is 15.5. The molecule has 2 atom stereocenters. The first-order chi connectivity index (χ1) is 22.5. The predicted octanol–water partition coefficient (Wildman–Crippen LogP) is 6.47. The summed E-state index contributed by atoms with van der Waals surface area (Å²) in [6.45, 7) is 6.54. The van der Waals surface area contributed by atoms with Crippen LogP contribution in [0.4, 0.5) is 4.79 Å². The molecule has 0 unspecified atom stereocenters. The lowest BCUT2D eigenvalue weighted by atomic mass is 9.96. The Morgan fingerprint density at radius 3 is 2.78 bits per heavy atom. The Bertz CT molecular complexity index is 1540. The zero-order valence-corrected chi connectivity index (χ0v) is 28.5. The molecule has 0 spiro atoms. The average Bonchev–Trinajstić information content (AvgIpc) is 3.53. The highest BCUT2D eigenvalue weighted by Gasteiger charge is 2.39. The van der Waals surface area contributed by atoms with Crippen LogP contribution in [0.3, 0.4) is 0 Å². The number of piperazine rings is 1. The minimum absolute atomic E-state index is 0.0892. The van der Waals surface area contributed by atoms with Gasteiger partial charge < -0.3 is 9.88 Å². The number of aryl methyl sites for hydroxylation is 3. The van der Waals surface area contributed by atoms with E-state index >= 15 is 0 Å². The lowest BCUT2D eigenvalue weighted by Crippen LogP contribution is -2.60. The predicted molar refractivity (Wildman–Crippen MR) is 183 cm³/mol. The van der Waals surface area contributed by atoms with Gasteiger partial charge in [-0.05, 0) is 82.1 Å². The molecule has 1 saturated heterocycles. The number of rotatable bonds is 11. The maximum atomic E-state index is 13.5. The molecule has 1 aliphatic carbocycles. The molecule has 0 radical (unpaired) electrons. The Morgan fingerprint density at radius 1 is 1.13 bits per heavy atom. The molecule has 1 fully saturated rings. The van der Waals surface area contributed by atoms with E-state index in [1.807, 2.05) is 52.9 Å². The highest BCUT2D eigenvalue weighted by molar-refractivity contribution is 9.10. The number of carbonyl (C=O) groups excluding carboxylic acids is 1. The second-order valence-electron chi connectivity index (χ2n) is 11.9. The second-order valence-corrected chi connectivity index (χ2v) is 13.3. The zero-order chi connectivity index (χ0) is 31.9. The van der Waals surface area contributed by atoms with Crippen molar-refractivity contribution in [1.29, 1.82) is 0 Å². The van der Waals surface area contributed by atoms with Crippen LogP contribution in [0.1, 0.15) is 53.8 Å². The fourth-order valence-corrected chi connectivity index (χ4v) is 6.99. The number of carbonyl (C=O) groups is 1. The third-order valence-electron chi connectivity index (χ3n) is 8.66. The van der Waals surface area contributed by atoms with E-state index in [0.717, 1.165) is 53.0 Å². The third-order valence-corrected chi connectivity index (χ3v) is 9.33. The van der Waals surface area contributed by atoms with Gasteiger partial charge in [0.2, 0.25) is 0 Å². The van der Waals surface area contributed by atoms with Crippen LogP contribution in [-0.2, 0) is 30.8 Å². The smallest absolute Gasteiger partial charge is 0.319 e. The van der Waals surface area contributed by atoms with Crippen LogP contribution < -0.4 is 5.32 Å². The summed E-state index contributed by atoms with van der Waals surface area (Å²) in [7, 11) is 0. The van der Waals surface area contributed by atoms with Crippen molar-refractivity contribution in [3.8, 4) is 0 Å². The van der Waals surface area contributed by atoms with Crippen molar-refractivity contribution in [2.24, 2.45) is 0 Å². The van der Waals surface area contributed by atoms with E-state index in [2.05, 4.69) is 73.0 Å². The van der Waals surface area contributed by atoms with E-state index in [4.69, 9.17) is 21.4 Å². The molecule has 0 saturated carbocycles. The van der Waals surface area contributed by atoms with Crippen molar-refractivity contribution in [3.63, 3.8) is 0 Å². The lowest BCUT2D eigenvalue weighted by molar-refractivity contribution is -0.250. The summed E-state index contributed by atoms with van der Waals surface area (Å²) in [6.07, 6.45) is 10.5. The first-order valence-electron chi connectivity index (χ1n) is 16.1. The number of urea groups is 1. The van der Waals surface area contributed by atoms with E-state index < -0.39 is 6.23 Å². The van der Waals surface area contributed by atoms with Gasteiger partial charge in [0.1, 0.15) is 0 Å². The molecular formula is C35H41BrClN7O2. The van der Waals surface area contributed by atoms with Crippen LogP contribution in [0.15, 0.2) is 84.0 Å². The highest BCUT2D eigenvalue weighted by Crippen LogP contribution is 2.38. The van der Waals surface area contributed by atoms with Crippen LogP contribution in [0.25, 0.3) is 0 Å². The van der Waals surface area contributed by atoms with Gasteiger partial charge in [0.25, 0.3) is 0 Å². The number of nitrogens with one attached hydrogen (secondary N) is 1. The van der Waals surface area contributed by atoms with Crippen molar-refractivity contribution in [2.75, 3.05) is 32.7 Å². The SMILES string of the molecule is CCCNC(=O)N1CCN([C@@H]2c3ccc(Cl)cc3CCc3cc(Br)cnc32)C[C@@H]1ON(CCCn1ccnc1)Cc1ccccc1. The Morgan fingerprint density at radius 2 is 1.98 bits per heavy atom. The third kappa shape index (κ3) is 7.98. The molecule has 1 N–H and O–H groups in total. The van der Waals surface area contributed by atoms with Crippen molar-refractivity contribution in [2.45, 2.75) is 58.0 Å². The standard InChI is InChI=1S/C35H41BrClN7O2/c1-2-13-39-35(45)44-19-18-42(34-31-12-11-30(37)21-27(31)9-10-28-20-29(36)22-40-33(28)34)24-32(44)46-43(23-26-7-4-3-5-8-26)16-6-15-41-17-14-38-25-41/h3-5,7-8,11-12,14,17,20-22,25,32,34H,2,6,9-10,13,15-16,18-19,23-24H2,1H3,(H,39,45)/t32-,34+/m0/s1. The van der Waals surface area contributed by atoms with E-state index in [-0.39, 0.29) is 12.1 Å². The number of halogens is 2. The average molecular weight is 707 g/mol. The molecule has 2 aliphatic rings. The normalized spacial score (nSPS) is 18.2. The summed E-state index contributed by atoms with van der Waals surface area (Å²) in [5.74, 6) is 0. The Kier molecular flexibility index (Phi) is 11.0. The van der Waals surface area contributed by atoms with Crippen molar-refractivity contribution in [3.05, 3.63) is 117 Å². The molecule has 2 aromatic carbocycles. The quantitative estimate of drug-likeness (QED) is 0.180. The number of fused-ring (bicyclic) bond motifs is 2. The summed E-state index contributed by atoms with van der Waals surface area (Å²) in [5.41, 5.74) is 5.86. The van der Waals surface area contributed by atoms with Gasteiger partial charge >= 0.3 is 6.03 Å². The zero-order valence-electron chi connectivity index (χ0n) is 26.2. The number of hydroxylamine groups is 2. The first-order valence-corrected chi connectivity index (χ1v) is 17.3. The topological polar surface area (TPSA) is 78.8 Å². The van der Waals surface area contributed by atoms with Crippen LogP contribution in [-0.4, -0.2) is 74.4 Å². The number of hydrogen-bond acceptors (Lipinski definition) is 6. The van der Waals surface area contributed by atoms with Crippen molar-refractivity contribution >= 4 is 33.6 Å². The van der Waals surface area contributed by atoms with E-state index in [1.165, 1.54) is 16.7 Å². The first kappa shape index (κ1) is 32.7. The molecule has 9 nitrogen and oxygen atoms in total. The minimum atomic E-state index is -0.500. The molecule has 2 amide bonds. The van der Waals surface area contributed by atoms with Crippen LogP contribution >= 0.6 is 27.5 Å². The monoisotopic (exact) mass is 705 g/mol. The molecule has 46 heavy (non-hydrogen) atoms. The van der Waals surface area contributed by atoms with Crippen LogP contribution in [0, 0.1) is 0 Å². The molecule has 11 heteroatoms. The molecule has 242 valence electrons. The largest absolute Gasteiger partial charge is 0.338 e. The van der Waals surface area contributed by atoms with Gasteiger partial charge in [0.05, 0.1) is 18.1 Å². The van der Waals surface area contributed by atoms with Gasteiger partial charge in [0, 0.05) is 73.9 Å². The summed E-state index contributed by atoms with van der Waals surface area (Å²) in [4.78, 5) is 33.9. The highest BCUT2D eigenvalue weighted by atomic mass is 79.9. The van der Waals surface area contributed by atoms with Gasteiger partial charge in [-0.1, -0.05) is 54.9 Å². The molecule has 3 heterocycles. The molecule has 6 rings (SSSR count). The molecular weight excluding hydrogens is 666 g/mol. The Balaban J connectivity index is 1.30. The fourth-order valence-electron chi connectivity index (χ4n) is 6.42. The van der Waals surface area contributed by atoms with Crippen molar-refractivity contribution < 1.29 is 9.63 Å². The molecule has 4 aromatic rings. The molecule has 0 bridgehead atoms. The lowest BCUT2D eigenvalue weighted by Gasteiger charge is -2.45. The number of aromatic nitrogens is 3. The Hall–Kier alpha value is -3.28. The van der Waals surface area contributed by atoms with E-state index in [9.17, 15) is 4.79 Å². The maximum Gasteiger partial charge on any atom is 0.319 e. The van der Waals surface area contributed by atoms with Gasteiger partial charge in [-0.2, -0.15) is 5.06 Å². The number of imidazole rings is 1. The van der Waals surface area contributed by atoms with Gasteiger partial charge in [-0.15, -0.1) is 0 Å². The van der Waals surface area contributed by atoms with Gasteiger partial charge in [-0.3, -0.25) is 19.6 Å². The van der Waals surface area contributed by atoms with Gasteiger partial charge in [0.15, 0.2) is 6.23 Å². The number of hydrogen-bond donors (Lipinski definition) is 1. The fraction of sp³-hybridized carbons (Fsp3) is 0.400. The maximum absolute atomic E-state index is 13.5. The number of benzene rings is 2. The summed E-state index contributed by atoms with van der Waals surface area (Å²) < 4.78 is 3.05. The van der Waals surface area contributed by atoms with Crippen LogP contribution in [0.2, 0.25) is 5.02 Å².